The van der Waals surface area contributed by atoms with Crippen LogP contribution in [0.15, 0.2) is 48.5 Å². The van der Waals surface area contributed by atoms with Crippen molar-refractivity contribution in [1.29, 1.82) is 0 Å². The number of benzene rings is 2. The molecule has 0 saturated heterocycles. The molecule has 2 rings (SSSR count). The molecule has 0 spiro atoms. The number of rotatable bonds is 31. The largest absolute Gasteiger partial charge is 0.330 e. The van der Waals surface area contributed by atoms with Crippen LogP contribution < -0.4 is 32.7 Å². The van der Waals surface area contributed by atoms with Crippen LogP contribution >= 0.6 is 0 Å². The normalized spacial score (nSPS) is 12.9. The fraction of sp³-hybridized carbons (Fsp3) is 0.700. The third-order valence-corrected chi connectivity index (χ3v) is 8.98. The van der Waals surface area contributed by atoms with Crippen LogP contribution in [0.2, 0.25) is 0 Å². The first-order valence-electron chi connectivity index (χ1n) is 19.2. The summed E-state index contributed by atoms with van der Waals surface area (Å²) in [7, 11) is 0. The zero-order chi connectivity index (χ0) is 32.9. The zero-order valence-electron chi connectivity index (χ0n) is 29.9. The molecule has 0 aliphatic heterocycles. The monoisotopic (exact) mass is 637 g/mol. The first kappa shape index (κ1) is 40.4. The highest BCUT2D eigenvalue weighted by molar-refractivity contribution is 5.65. The molecular formula is C40H72N6. The van der Waals surface area contributed by atoms with E-state index in [4.69, 9.17) is 11.5 Å². The van der Waals surface area contributed by atoms with Gasteiger partial charge in [0, 0.05) is 12.1 Å². The van der Waals surface area contributed by atoms with Crippen LogP contribution in [0.5, 0.6) is 0 Å². The standard InChI is InChI=1S/C40H72N6/c1-3-5-7-12-24-43-26-16-28-45-39(20-14-22-41)33-35-30-36(32-38(31-35)37-18-10-9-11-19-37)34-40(21-15-23-42)46-29-17-27-44-25-13-8-6-4-2/h9-11,18-19,30-32,39-40,43-46H,3-8,12-17,20-29,33-34,41-42H2,1-2H3. The fourth-order valence-corrected chi connectivity index (χ4v) is 6.29. The maximum atomic E-state index is 5.97. The molecule has 2 atom stereocenters. The van der Waals surface area contributed by atoms with Crippen LogP contribution in [0.4, 0.5) is 0 Å². The van der Waals surface area contributed by atoms with Gasteiger partial charge < -0.3 is 32.7 Å². The van der Waals surface area contributed by atoms with Gasteiger partial charge in [-0.3, -0.25) is 0 Å². The van der Waals surface area contributed by atoms with Crippen molar-refractivity contribution in [3.05, 3.63) is 59.7 Å². The topological polar surface area (TPSA) is 100 Å². The van der Waals surface area contributed by atoms with Crippen molar-refractivity contribution >= 4 is 0 Å². The molecule has 2 unspecified atom stereocenters. The molecule has 0 radical (unpaired) electrons. The highest BCUT2D eigenvalue weighted by Gasteiger charge is 2.14. The lowest BCUT2D eigenvalue weighted by Gasteiger charge is -2.22. The van der Waals surface area contributed by atoms with Crippen molar-refractivity contribution in [2.75, 3.05) is 52.4 Å². The predicted molar refractivity (Wildman–Crippen MR) is 203 cm³/mol. The SMILES string of the molecule is CCCCCCNCCCNC(CCCN)Cc1cc(CC(CCCN)NCCCNCCCCCC)cc(-c2ccccc2)c1. The summed E-state index contributed by atoms with van der Waals surface area (Å²) in [6, 6.07) is 19.1. The maximum Gasteiger partial charge on any atom is 0.0108 e. The molecule has 0 bridgehead atoms. The van der Waals surface area contributed by atoms with Crippen LogP contribution in [-0.2, 0) is 12.8 Å². The fourth-order valence-electron chi connectivity index (χ4n) is 6.29. The van der Waals surface area contributed by atoms with E-state index in [2.05, 4.69) is 83.6 Å². The van der Waals surface area contributed by atoms with E-state index in [9.17, 15) is 0 Å². The van der Waals surface area contributed by atoms with Gasteiger partial charge in [0.25, 0.3) is 0 Å². The first-order chi connectivity index (χ1) is 22.7. The Morgan fingerprint density at radius 2 is 0.978 bits per heavy atom. The highest BCUT2D eigenvalue weighted by Crippen LogP contribution is 2.25. The molecule has 6 nitrogen and oxygen atoms in total. The zero-order valence-corrected chi connectivity index (χ0v) is 29.9. The summed E-state index contributed by atoms with van der Waals surface area (Å²) in [5.74, 6) is 0. The van der Waals surface area contributed by atoms with Gasteiger partial charge in [-0.2, -0.15) is 0 Å². The molecule has 46 heavy (non-hydrogen) atoms. The van der Waals surface area contributed by atoms with Gasteiger partial charge in [-0.1, -0.05) is 101 Å². The molecule has 6 heteroatoms. The summed E-state index contributed by atoms with van der Waals surface area (Å²) < 4.78 is 0. The minimum Gasteiger partial charge on any atom is -0.330 e. The average molecular weight is 637 g/mol. The van der Waals surface area contributed by atoms with E-state index in [1.807, 2.05) is 0 Å². The van der Waals surface area contributed by atoms with Gasteiger partial charge in [-0.05, 0) is 139 Å². The van der Waals surface area contributed by atoms with Gasteiger partial charge in [0.2, 0.25) is 0 Å². The lowest BCUT2D eigenvalue weighted by Crippen LogP contribution is -2.34. The van der Waals surface area contributed by atoms with Gasteiger partial charge in [0.1, 0.15) is 0 Å². The minimum atomic E-state index is 0.438. The Morgan fingerprint density at radius 3 is 1.43 bits per heavy atom. The third-order valence-electron chi connectivity index (χ3n) is 8.98. The van der Waals surface area contributed by atoms with E-state index < -0.39 is 0 Å². The Balaban J connectivity index is 2.02. The van der Waals surface area contributed by atoms with Gasteiger partial charge >= 0.3 is 0 Å². The average Bonchev–Trinajstić information content (AvgIpc) is 3.08. The molecule has 0 saturated carbocycles. The Morgan fingerprint density at radius 1 is 0.500 bits per heavy atom. The van der Waals surface area contributed by atoms with Gasteiger partial charge in [-0.15, -0.1) is 0 Å². The van der Waals surface area contributed by atoms with E-state index in [-0.39, 0.29) is 0 Å². The van der Waals surface area contributed by atoms with Crippen molar-refractivity contribution in [3.63, 3.8) is 0 Å². The lowest BCUT2D eigenvalue weighted by atomic mass is 9.92. The molecule has 2 aromatic carbocycles. The van der Waals surface area contributed by atoms with Crippen LogP contribution in [0.1, 0.15) is 115 Å². The van der Waals surface area contributed by atoms with Crippen LogP contribution in [0, 0.1) is 0 Å². The molecular weight excluding hydrogens is 564 g/mol. The van der Waals surface area contributed by atoms with E-state index in [0.717, 1.165) is 104 Å². The molecule has 8 N–H and O–H groups in total. The molecule has 0 aliphatic rings. The van der Waals surface area contributed by atoms with Gasteiger partial charge in [-0.25, -0.2) is 0 Å². The summed E-state index contributed by atoms with van der Waals surface area (Å²) in [5.41, 5.74) is 17.4. The molecule has 2 aromatic rings. The molecule has 0 aromatic heterocycles. The summed E-state index contributed by atoms with van der Waals surface area (Å²) in [5, 5.41) is 15.1. The molecule has 0 heterocycles. The van der Waals surface area contributed by atoms with E-state index >= 15 is 0 Å². The molecule has 0 aliphatic carbocycles. The van der Waals surface area contributed by atoms with E-state index in [1.54, 1.807) is 0 Å². The number of hydrogen-bond acceptors (Lipinski definition) is 6. The Hall–Kier alpha value is -1.80. The van der Waals surface area contributed by atoms with Crippen molar-refractivity contribution < 1.29 is 0 Å². The van der Waals surface area contributed by atoms with Crippen LogP contribution in [0.25, 0.3) is 11.1 Å². The molecule has 0 amide bonds. The Labute approximate surface area is 284 Å². The second-order valence-corrected chi connectivity index (χ2v) is 13.3. The number of nitrogens with two attached hydrogens (primary N) is 2. The summed E-state index contributed by atoms with van der Waals surface area (Å²) in [4.78, 5) is 0. The van der Waals surface area contributed by atoms with Gasteiger partial charge in [0.05, 0.1) is 0 Å². The molecule has 0 fully saturated rings. The highest BCUT2D eigenvalue weighted by atomic mass is 14.9. The number of unbranched alkanes of at least 4 members (excludes halogenated alkanes) is 6. The second kappa shape index (κ2) is 28.2. The summed E-state index contributed by atoms with van der Waals surface area (Å²) >= 11 is 0. The van der Waals surface area contributed by atoms with Crippen molar-refractivity contribution in [1.82, 2.24) is 21.3 Å². The van der Waals surface area contributed by atoms with Crippen LogP contribution in [-0.4, -0.2) is 64.4 Å². The minimum absolute atomic E-state index is 0.438. The Kier molecular flexibility index (Phi) is 24.8. The summed E-state index contributed by atoms with van der Waals surface area (Å²) in [6.07, 6.45) is 19.3. The predicted octanol–water partition coefficient (Wildman–Crippen LogP) is 6.95. The van der Waals surface area contributed by atoms with Crippen molar-refractivity contribution in [3.8, 4) is 11.1 Å². The quantitative estimate of drug-likeness (QED) is 0.0501. The lowest BCUT2D eigenvalue weighted by molar-refractivity contribution is 0.452. The van der Waals surface area contributed by atoms with E-state index in [1.165, 1.54) is 73.6 Å². The van der Waals surface area contributed by atoms with Crippen LogP contribution in [0.3, 0.4) is 0 Å². The Bertz CT molecular complexity index is 898. The van der Waals surface area contributed by atoms with Crippen molar-refractivity contribution in [2.45, 2.75) is 129 Å². The van der Waals surface area contributed by atoms with E-state index in [0.29, 0.717) is 12.1 Å². The maximum absolute atomic E-state index is 5.97. The van der Waals surface area contributed by atoms with Crippen molar-refractivity contribution in [2.24, 2.45) is 11.5 Å². The molecule has 262 valence electrons. The number of nitrogens with one attached hydrogen (secondary N) is 4. The first-order valence-corrected chi connectivity index (χ1v) is 19.2. The number of hydrogen-bond donors (Lipinski definition) is 6. The second-order valence-electron chi connectivity index (χ2n) is 13.3. The summed E-state index contributed by atoms with van der Waals surface area (Å²) in [6.45, 7) is 12.6. The smallest absolute Gasteiger partial charge is 0.0108 e. The third kappa shape index (κ3) is 19.8. The van der Waals surface area contributed by atoms with Gasteiger partial charge in [0.15, 0.2) is 0 Å².